The van der Waals surface area contributed by atoms with E-state index in [1.165, 1.54) is 18.2 Å². The lowest BCUT2D eigenvalue weighted by atomic mass is 10.2. The first kappa shape index (κ1) is 14.5. The number of hydrogen-bond donors (Lipinski definition) is 1. The molecule has 0 aliphatic rings. The number of hydrogen-bond acceptors (Lipinski definition) is 4. The molecule has 1 atom stereocenters. The molecule has 0 radical (unpaired) electrons. The summed E-state index contributed by atoms with van der Waals surface area (Å²) in [5.74, 6) is 0.160. The molecular weight excluding hydrogens is 300 g/mol. The predicted molar refractivity (Wildman–Crippen MR) is 79.1 cm³/mol. The van der Waals surface area contributed by atoms with E-state index in [0.717, 1.165) is 0 Å². The molecule has 0 amide bonds. The zero-order valence-electron chi connectivity index (χ0n) is 10.3. The second-order valence-electron chi connectivity index (χ2n) is 4.10. The van der Waals surface area contributed by atoms with Gasteiger partial charge in [-0.1, -0.05) is 23.7 Å². The molecule has 0 spiro atoms. The number of nitro groups is 1. The van der Waals surface area contributed by atoms with Crippen LogP contribution in [-0.2, 0) is 16.6 Å². The van der Waals surface area contributed by atoms with Crippen LogP contribution in [0.2, 0.25) is 5.02 Å². The van der Waals surface area contributed by atoms with E-state index in [1.54, 1.807) is 24.3 Å². The lowest BCUT2D eigenvalue weighted by Gasteiger charge is -2.06. The summed E-state index contributed by atoms with van der Waals surface area (Å²) in [5, 5.41) is 11.2. The number of rotatable bonds is 4. The Labute approximate surface area is 123 Å². The first-order chi connectivity index (χ1) is 9.47. The van der Waals surface area contributed by atoms with Crippen molar-refractivity contribution in [3.63, 3.8) is 0 Å². The van der Waals surface area contributed by atoms with E-state index >= 15 is 0 Å². The van der Waals surface area contributed by atoms with Crippen LogP contribution in [0.3, 0.4) is 0 Å². The van der Waals surface area contributed by atoms with Crippen LogP contribution in [0.15, 0.2) is 47.4 Å². The van der Waals surface area contributed by atoms with Gasteiger partial charge in [-0.15, -0.1) is 0 Å². The zero-order chi connectivity index (χ0) is 14.7. The molecule has 5 nitrogen and oxygen atoms in total. The van der Waals surface area contributed by atoms with Crippen LogP contribution in [-0.4, -0.2) is 9.13 Å². The molecule has 2 aromatic carbocycles. The minimum absolute atomic E-state index is 0.0245. The van der Waals surface area contributed by atoms with Gasteiger partial charge in [0.25, 0.3) is 5.69 Å². The molecule has 0 aromatic heterocycles. The van der Waals surface area contributed by atoms with Gasteiger partial charge >= 0.3 is 0 Å². The van der Waals surface area contributed by atoms with E-state index in [0.29, 0.717) is 21.2 Å². The van der Waals surface area contributed by atoms with Crippen LogP contribution >= 0.6 is 11.6 Å². The average Bonchev–Trinajstić information content (AvgIpc) is 2.38. The fourth-order valence-electron chi connectivity index (χ4n) is 1.72. The summed E-state index contributed by atoms with van der Waals surface area (Å²) in [6.45, 7) is 0. The number of nitrogens with zero attached hydrogens (tertiary/aromatic N) is 1. The first-order valence-corrected chi connectivity index (χ1v) is 7.34. The predicted octanol–water partition coefficient (Wildman–Crippen LogP) is 3.14. The Morgan fingerprint density at radius 3 is 2.65 bits per heavy atom. The van der Waals surface area contributed by atoms with Gasteiger partial charge in [0.05, 0.1) is 26.4 Å². The number of benzene rings is 2. The summed E-state index contributed by atoms with van der Waals surface area (Å²) < 4.78 is 12.2. The molecule has 2 rings (SSSR count). The minimum Gasteiger partial charge on any atom is -0.398 e. The van der Waals surface area contributed by atoms with Crippen molar-refractivity contribution in [2.24, 2.45) is 0 Å². The first-order valence-electron chi connectivity index (χ1n) is 5.64. The Morgan fingerprint density at radius 2 is 2.00 bits per heavy atom. The number of non-ortho nitro benzene ring substituents is 1. The summed E-state index contributed by atoms with van der Waals surface area (Å²) in [6, 6.07) is 10.8. The third kappa shape index (κ3) is 3.34. The second kappa shape index (κ2) is 6.02. The standard InChI is InChI=1S/C13H11ClN2O3S/c14-10-4-5-13(12(15)7-10)20(19)8-9-2-1-3-11(6-9)16(17)18/h1-7H,8,15H2. The average molecular weight is 311 g/mol. The fourth-order valence-corrected chi connectivity index (χ4v) is 3.08. The number of anilines is 1. The highest BCUT2D eigenvalue weighted by Crippen LogP contribution is 2.24. The Kier molecular flexibility index (Phi) is 4.36. The lowest BCUT2D eigenvalue weighted by Crippen LogP contribution is -2.01. The van der Waals surface area contributed by atoms with E-state index in [1.807, 2.05) is 0 Å². The van der Waals surface area contributed by atoms with Gasteiger partial charge in [0.1, 0.15) is 0 Å². The molecular formula is C13H11ClN2O3S. The van der Waals surface area contributed by atoms with E-state index in [-0.39, 0.29) is 11.4 Å². The van der Waals surface area contributed by atoms with Crippen molar-refractivity contribution in [3.8, 4) is 0 Å². The number of halogens is 1. The van der Waals surface area contributed by atoms with E-state index in [4.69, 9.17) is 17.3 Å². The molecule has 0 saturated heterocycles. The van der Waals surface area contributed by atoms with Gasteiger partial charge < -0.3 is 5.73 Å². The van der Waals surface area contributed by atoms with Gasteiger partial charge in [-0.2, -0.15) is 0 Å². The van der Waals surface area contributed by atoms with Crippen LogP contribution in [0.4, 0.5) is 11.4 Å². The van der Waals surface area contributed by atoms with Crippen LogP contribution in [0.1, 0.15) is 5.56 Å². The van der Waals surface area contributed by atoms with Gasteiger partial charge in [0, 0.05) is 22.8 Å². The summed E-state index contributed by atoms with van der Waals surface area (Å²) in [4.78, 5) is 10.7. The second-order valence-corrected chi connectivity index (χ2v) is 5.96. The highest BCUT2D eigenvalue weighted by molar-refractivity contribution is 7.84. The monoisotopic (exact) mass is 310 g/mol. The largest absolute Gasteiger partial charge is 0.398 e. The van der Waals surface area contributed by atoms with Crippen molar-refractivity contribution in [2.45, 2.75) is 10.6 Å². The van der Waals surface area contributed by atoms with Crippen molar-refractivity contribution in [1.82, 2.24) is 0 Å². The van der Waals surface area contributed by atoms with Crippen molar-refractivity contribution >= 4 is 33.8 Å². The van der Waals surface area contributed by atoms with Crippen LogP contribution in [0, 0.1) is 10.1 Å². The van der Waals surface area contributed by atoms with E-state index in [2.05, 4.69) is 0 Å². The van der Waals surface area contributed by atoms with Crippen molar-refractivity contribution < 1.29 is 9.13 Å². The zero-order valence-corrected chi connectivity index (χ0v) is 11.9. The normalized spacial score (nSPS) is 12.1. The van der Waals surface area contributed by atoms with Gasteiger partial charge in [0.15, 0.2) is 0 Å². The molecule has 20 heavy (non-hydrogen) atoms. The van der Waals surface area contributed by atoms with Gasteiger partial charge in [-0.25, -0.2) is 0 Å². The Morgan fingerprint density at radius 1 is 1.25 bits per heavy atom. The highest BCUT2D eigenvalue weighted by atomic mass is 35.5. The van der Waals surface area contributed by atoms with Crippen LogP contribution < -0.4 is 5.73 Å². The summed E-state index contributed by atoms with van der Waals surface area (Å²) in [6.07, 6.45) is 0. The van der Waals surface area contributed by atoms with Crippen molar-refractivity contribution in [2.75, 3.05) is 5.73 Å². The summed E-state index contributed by atoms with van der Waals surface area (Å²) >= 11 is 5.78. The Bertz CT molecular complexity index is 691. The molecule has 0 fully saturated rings. The maximum Gasteiger partial charge on any atom is 0.269 e. The Balaban J connectivity index is 2.23. The molecule has 0 aliphatic carbocycles. The molecule has 0 saturated carbocycles. The maximum absolute atomic E-state index is 12.2. The quantitative estimate of drug-likeness (QED) is 0.534. The molecule has 7 heteroatoms. The number of nitrogen functional groups attached to an aromatic ring is 1. The van der Waals surface area contributed by atoms with Gasteiger partial charge in [0.2, 0.25) is 0 Å². The van der Waals surface area contributed by atoms with E-state index < -0.39 is 15.7 Å². The highest BCUT2D eigenvalue weighted by Gasteiger charge is 2.12. The molecule has 0 aliphatic heterocycles. The van der Waals surface area contributed by atoms with Crippen molar-refractivity contribution in [1.29, 1.82) is 0 Å². The molecule has 104 valence electrons. The fraction of sp³-hybridized carbons (Fsp3) is 0.0769. The third-order valence-electron chi connectivity index (χ3n) is 2.64. The van der Waals surface area contributed by atoms with Gasteiger partial charge in [-0.3, -0.25) is 14.3 Å². The minimum atomic E-state index is -1.38. The lowest BCUT2D eigenvalue weighted by molar-refractivity contribution is -0.384. The molecule has 0 bridgehead atoms. The topological polar surface area (TPSA) is 86.2 Å². The summed E-state index contributed by atoms with van der Waals surface area (Å²) in [5.41, 5.74) is 6.71. The Hall–Kier alpha value is -1.92. The van der Waals surface area contributed by atoms with E-state index in [9.17, 15) is 14.3 Å². The number of nitro benzene ring substituents is 1. The molecule has 2 aromatic rings. The molecule has 2 N–H and O–H groups in total. The summed E-state index contributed by atoms with van der Waals surface area (Å²) in [7, 11) is -1.38. The maximum atomic E-state index is 12.2. The van der Waals surface area contributed by atoms with Crippen molar-refractivity contribution in [3.05, 3.63) is 63.2 Å². The van der Waals surface area contributed by atoms with Crippen LogP contribution in [0.25, 0.3) is 0 Å². The van der Waals surface area contributed by atoms with Crippen LogP contribution in [0.5, 0.6) is 0 Å². The molecule has 1 unspecified atom stereocenters. The number of nitrogens with two attached hydrogens (primary N) is 1. The third-order valence-corrected chi connectivity index (χ3v) is 4.33. The molecule has 0 heterocycles. The smallest absolute Gasteiger partial charge is 0.269 e. The SMILES string of the molecule is Nc1cc(Cl)ccc1S(=O)Cc1cccc([N+](=O)[O-])c1. The van der Waals surface area contributed by atoms with Gasteiger partial charge in [-0.05, 0) is 23.8 Å².